The Bertz CT molecular complexity index is 1290. The average Bonchev–Trinajstić information content (AvgIpc) is 3.27. The van der Waals surface area contributed by atoms with Gasteiger partial charge in [0.05, 0.1) is 30.9 Å². The van der Waals surface area contributed by atoms with Crippen LogP contribution in [0.15, 0.2) is 97.5 Å². The molecule has 0 unspecified atom stereocenters. The van der Waals surface area contributed by atoms with Gasteiger partial charge >= 0.3 is 0 Å². The van der Waals surface area contributed by atoms with Crippen molar-refractivity contribution in [2.45, 2.75) is 6.54 Å². The van der Waals surface area contributed by atoms with Crippen LogP contribution >= 0.6 is 0 Å². The summed E-state index contributed by atoms with van der Waals surface area (Å²) in [5, 5.41) is 3.44. The highest BCUT2D eigenvalue weighted by molar-refractivity contribution is 5.67. The zero-order valence-electron chi connectivity index (χ0n) is 17.2. The molecule has 0 spiro atoms. The lowest BCUT2D eigenvalue weighted by Gasteiger charge is -2.08. The maximum Gasteiger partial charge on any atom is 0.155 e. The normalized spacial score (nSPS) is 10.9. The molecule has 5 rings (SSSR count). The van der Waals surface area contributed by atoms with Gasteiger partial charge in [-0.25, -0.2) is 4.98 Å². The molecule has 5 aromatic rings. The standard InChI is InChI=1S/C26H22N4O/c1-31-23-13-11-21(12-14-23)25-16-29-26-17-28-24(18-30(25)26)20-9-7-19(8-10-20)15-27-22-5-3-2-4-6-22/h2-14,16-18,27H,15H2,1H3. The Balaban J connectivity index is 1.39. The molecule has 1 N–H and O–H groups in total. The third kappa shape index (κ3) is 3.98. The van der Waals surface area contributed by atoms with Crippen LogP contribution in [0.4, 0.5) is 5.69 Å². The molecule has 5 heteroatoms. The van der Waals surface area contributed by atoms with Crippen LogP contribution in [0, 0.1) is 0 Å². The van der Waals surface area contributed by atoms with E-state index in [2.05, 4.69) is 56.1 Å². The summed E-state index contributed by atoms with van der Waals surface area (Å²) in [6.45, 7) is 0.778. The first-order valence-corrected chi connectivity index (χ1v) is 10.2. The molecule has 0 fully saturated rings. The summed E-state index contributed by atoms with van der Waals surface area (Å²) in [6.07, 6.45) is 5.73. The molecule has 152 valence electrons. The number of hydrogen-bond donors (Lipinski definition) is 1. The summed E-state index contributed by atoms with van der Waals surface area (Å²) in [5.74, 6) is 0.835. The zero-order chi connectivity index (χ0) is 21.0. The van der Waals surface area contributed by atoms with E-state index in [1.807, 2.05) is 61.1 Å². The van der Waals surface area contributed by atoms with Gasteiger partial charge in [-0.15, -0.1) is 0 Å². The van der Waals surface area contributed by atoms with E-state index in [1.165, 1.54) is 5.56 Å². The third-order valence-corrected chi connectivity index (χ3v) is 5.30. The first kappa shape index (κ1) is 18.9. The molecule has 0 aliphatic heterocycles. The van der Waals surface area contributed by atoms with E-state index in [9.17, 15) is 0 Å². The molecule has 5 nitrogen and oxygen atoms in total. The Labute approximate surface area is 181 Å². The van der Waals surface area contributed by atoms with Crippen molar-refractivity contribution in [3.05, 3.63) is 103 Å². The van der Waals surface area contributed by atoms with Crippen molar-refractivity contribution in [1.82, 2.24) is 14.4 Å². The molecule has 31 heavy (non-hydrogen) atoms. The van der Waals surface area contributed by atoms with E-state index in [0.29, 0.717) is 0 Å². The summed E-state index contributed by atoms with van der Waals surface area (Å²) in [5.41, 5.74) is 7.22. The number of rotatable bonds is 6. The van der Waals surface area contributed by atoms with E-state index >= 15 is 0 Å². The van der Waals surface area contributed by atoms with Gasteiger partial charge in [-0.1, -0.05) is 42.5 Å². The predicted molar refractivity (Wildman–Crippen MR) is 124 cm³/mol. The molecule has 0 radical (unpaired) electrons. The molecule has 0 saturated heterocycles. The van der Waals surface area contributed by atoms with Gasteiger partial charge in [0.1, 0.15) is 5.75 Å². The number of methoxy groups -OCH3 is 1. The first-order chi connectivity index (χ1) is 15.3. The van der Waals surface area contributed by atoms with Crippen LogP contribution in [-0.2, 0) is 6.54 Å². The number of imidazole rings is 1. The molecular weight excluding hydrogens is 384 g/mol. The van der Waals surface area contributed by atoms with Crippen LogP contribution in [0.5, 0.6) is 5.75 Å². The Morgan fingerprint density at radius 2 is 1.55 bits per heavy atom. The number of para-hydroxylation sites is 1. The summed E-state index contributed by atoms with van der Waals surface area (Å²) in [6, 6.07) is 26.7. The Morgan fingerprint density at radius 3 is 2.29 bits per heavy atom. The lowest BCUT2D eigenvalue weighted by molar-refractivity contribution is 0.415. The minimum Gasteiger partial charge on any atom is -0.497 e. The fourth-order valence-corrected chi connectivity index (χ4v) is 3.57. The second kappa shape index (κ2) is 8.32. The predicted octanol–water partition coefficient (Wildman–Crippen LogP) is 5.68. The van der Waals surface area contributed by atoms with Crippen LogP contribution in [0.1, 0.15) is 5.56 Å². The Kier molecular flexibility index (Phi) is 5.07. The quantitative estimate of drug-likeness (QED) is 0.394. The second-order valence-corrected chi connectivity index (χ2v) is 7.29. The number of aromatic nitrogens is 3. The number of fused-ring (bicyclic) bond motifs is 1. The van der Waals surface area contributed by atoms with E-state index in [4.69, 9.17) is 4.74 Å². The topological polar surface area (TPSA) is 51.5 Å². The lowest BCUT2D eigenvalue weighted by Crippen LogP contribution is -1.99. The van der Waals surface area contributed by atoms with Gasteiger partial charge in [-0.3, -0.25) is 9.38 Å². The Hall–Kier alpha value is -4.12. The molecular formula is C26H22N4O. The largest absolute Gasteiger partial charge is 0.497 e. The average molecular weight is 406 g/mol. The maximum atomic E-state index is 5.27. The molecule has 0 aliphatic carbocycles. The SMILES string of the molecule is COc1ccc(-c2cnc3cnc(-c4ccc(CNc5ccccc5)cc4)cn23)cc1. The minimum atomic E-state index is 0.778. The maximum absolute atomic E-state index is 5.27. The summed E-state index contributed by atoms with van der Waals surface area (Å²) in [4.78, 5) is 9.12. The fourth-order valence-electron chi connectivity index (χ4n) is 3.57. The number of nitrogens with zero attached hydrogens (tertiary/aromatic N) is 3. The van der Waals surface area contributed by atoms with E-state index in [-0.39, 0.29) is 0 Å². The molecule has 0 bridgehead atoms. The number of nitrogens with one attached hydrogen (secondary N) is 1. The van der Waals surface area contributed by atoms with Gasteiger partial charge in [0.15, 0.2) is 5.65 Å². The third-order valence-electron chi connectivity index (χ3n) is 5.30. The van der Waals surface area contributed by atoms with Crippen molar-refractivity contribution >= 4 is 11.3 Å². The van der Waals surface area contributed by atoms with Gasteiger partial charge in [0.2, 0.25) is 0 Å². The second-order valence-electron chi connectivity index (χ2n) is 7.29. The van der Waals surface area contributed by atoms with Crippen LogP contribution in [0.2, 0.25) is 0 Å². The summed E-state index contributed by atoms with van der Waals surface area (Å²) >= 11 is 0. The van der Waals surface area contributed by atoms with Crippen molar-refractivity contribution in [2.24, 2.45) is 0 Å². The van der Waals surface area contributed by atoms with Gasteiger partial charge < -0.3 is 10.1 Å². The highest BCUT2D eigenvalue weighted by Crippen LogP contribution is 2.25. The molecule has 2 heterocycles. The smallest absolute Gasteiger partial charge is 0.155 e. The van der Waals surface area contributed by atoms with Crippen LogP contribution in [0.3, 0.4) is 0 Å². The van der Waals surface area contributed by atoms with E-state index < -0.39 is 0 Å². The van der Waals surface area contributed by atoms with E-state index in [0.717, 1.165) is 46.1 Å². The minimum absolute atomic E-state index is 0.778. The van der Waals surface area contributed by atoms with Crippen LogP contribution < -0.4 is 10.1 Å². The fraction of sp³-hybridized carbons (Fsp3) is 0.0769. The number of anilines is 1. The van der Waals surface area contributed by atoms with Gasteiger partial charge in [0.25, 0.3) is 0 Å². The molecule has 2 aromatic heterocycles. The van der Waals surface area contributed by atoms with Crippen molar-refractivity contribution < 1.29 is 4.74 Å². The molecule has 0 atom stereocenters. The number of benzene rings is 3. The van der Waals surface area contributed by atoms with Crippen molar-refractivity contribution in [1.29, 1.82) is 0 Å². The first-order valence-electron chi connectivity index (χ1n) is 10.2. The van der Waals surface area contributed by atoms with Crippen LogP contribution in [-0.4, -0.2) is 21.5 Å². The van der Waals surface area contributed by atoms with Crippen molar-refractivity contribution in [2.75, 3.05) is 12.4 Å². The van der Waals surface area contributed by atoms with E-state index in [1.54, 1.807) is 7.11 Å². The summed E-state index contributed by atoms with van der Waals surface area (Å²) < 4.78 is 7.34. The Morgan fingerprint density at radius 1 is 0.806 bits per heavy atom. The monoisotopic (exact) mass is 406 g/mol. The molecule has 0 amide bonds. The number of hydrogen-bond acceptors (Lipinski definition) is 4. The van der Waals surface area contributed by atoms with Gasteiger partial charge in [-0.2, -0.15) is 0 Å². The van der Waals surface area contributed by atoms with Crippen molar-refractivity contribution in [3.8, 4) is 28.3 Å². The highest BCUT2D eigenvalue weighted by Gasteiger charge is 2.09. The molecule has 0 aliphatic rings. The molecule has 0 saturated carbocycles. The highest BCUT2D eigenvalue weighted by atomic mass is 16.5. The van der Waals surface area contributed by atoms with Crippen LogP contribution in [0.25, 0.3) is 28.2 Å². The summed E-state index contributed by atoms with van der Waals surface area (Å²) in [7, 11) is 1.67. The van der Waals surface area contributed by atoms with Gasteiger partial charge in [0, 0.05) is 29.6 Å². The number of ether oxygens (including phenoxy) is 1. The van der Waals surface area contributed by atoms with Gasteiger partial charge in [-0.05, 0) is 42.0 Å². The van der Waals surface area contributed by atoms with Crippen molar-refractivity contribution in [3.63, 3.8) is 0 Å². The zero-order valence-corrected chi connectivity index (χ0v) is 17.2. The molecule has 3 aromatic carbocycles. The lowest BCUT2D eigenvalue weighted by atomic mass is 10.1.